The van der Waals surface area contributed by atoms with Crippen molar-refractivity contribution in [3.8, 4) is 17.3 Å². The molecule has 3 aromatic heterocycles. The Morgan fingerprint density at radius 2 is 2.06 bits per heavy atom. The van der Waals surface area contributed by atoms with Crippen LogP contribution in [0.2, 0.25) is 0 Å². The maximum atomic E-state index is 12.3. The van der Waals surface area contributed by atoms with E-state index in [0.29, 0.717) is 17.9 Å². The topological polar surface area (TPSA) is 121 Å². The van der Waals surface area contributed by atoms with E-state index in [1.54, 1.807) is 13.1 Å². The van der Waals surface area contributed by atoms with E-state index in [2.05, 4.69) is 43.6 Å². The van der Waals surface area contributed by atoms with Crippen LogP contribution in [0.1, 0.15) is 49.7 Å². The van der Waals surface area contributed by atoms with Crippen molar-refractivity contribution in [1.29, 1.82) is 5.26 Å². The molecule has 32 heavy (non-hydrogen) atoms. The number of nitrogens with zero attached hydrogens (tertiary/aromatic N) is 6. The van der Waals surface area contributed by atoms with Crippen LogP contribution in [0, 0.1) is 17.2 Å². The molecule has 0 fully saturated rings. The van der Waals surface area contributed by atoms with Gasteiger partial charge in [-0.3, -0.25) is 9.78 Å². The summed E-state index contributed by atoms with van der Waals surface area (Å²) in [6.45, 7) is 3.69. The molecular weight excluding hydrogens is 402 g/mol. The first-order valence-corrected chi connectivity index (χ1v) is 10.6. The molecule has 8 heteroatoms. The van der Waals surface area contributed by atoms with Crippen molar-refractivity contribution in [2.24, 2.45) is 5.92 Å². The molecule has 0 radical (unpaired) electrons. The molecule has 160 valence electrons. The Labute approximate surface area is 185 Å². The van der Waals surface area contributed by atoms with E-state index in [4.69, 9.17) is 0 Å². The number of hydrogen-bond acceptors (Lipinski definition) is 7. The van der Waals surface area contributed by atoms with E-state index in [0.717, 1.165) is 40.4 Å². The fraction of sp³-hybridized carbons (Fsp3) is 0.292. The molecule has 0 unspecified atom stereocenters. The number of carbonyl (C=O) groups is 1. The third kappa shape index (κ3) is 4.37. The number of hydrogen-bond donors (Lipinski definition) is 1. The van der Waals surface area contributed by atoms with Crippen LogP contribution in [0.15, 0.2) is 48.8 Å². The Balaban J connectivity index is 1.62. The number of aromatic nitrogens is 6. The van der Waals surface area contributed by atoms with Gasteiger partial charge in [-0.25, -0.2) is 4.98 Å². The molecule has 0 spiro atoms. The van der Waals surface area contributed by atoms with Gasteiger partial charge in [0, 0.05) is 35.2 Å². The lowest BCUT2D eigenvalue weighted by Crippen LogP contribution is -2.23. The van der Waals surface area contributed by atoms with E-state index >= 15 is 0 Å². The van der Waals surface area contributed by atoms with Crippen LogP contribution in [-0.4, -0.2) is 36.4 Å². The fourth-order valence-electron chi connectivity index (χ4n) is 4.13. The monoisotopic (exact) mass is 425 g/mol. The van der Waals surface area contributed by atoms with E-state index in [-0.39, 0.29) is 17.6 Å². The van der Waals surface area contributed by atoms with Gasteiger partial charge in [0.25, 0.3) is 0 Å². The molecule has 8 nitrogen and oxygen atoms in total. The minimum atomic E-state index is -0.172. The van der Waals surface area contributed by atoms with Gasteiger partial charge >= 0.3 is 0 Å². The van der Waals surface area contributed by atoms with Gasteiger partial charge in [-0.15, -0.1) is 10.2 Å². The summed E-state index contributed by atoms with van der Waals surface area (Å²) in [5, 5.41) is 25.6. The van der Waals surface area contributed by atoms with Crippen molar-refractivity contribution in [2.75, 3.05) is 0 Å². The molecule has 0 aliphatic heterocycles. The highest BCUT2D eigenvalue weighted by molar-refractivity contribution is 5.90. The van der Waals surface area contributed by atoms with Crippen LogP contribution in [0.25, 0.3) is 22.0 Å². The minimum absolute atomic E-state index is 0.129. The van der Waals surface area contributed by atoms with Gasteiger partial charge < -0.3 is 0 Å². The number of aromatic amines is 1. The third-order valence-corrected chi connectivity index (χ3v) is 5.75. The summed E-state index contributed by atoms with van der Waals surface area (Å²) in [4.78, 5) is 21.1. The molecule has 0 aliphatic carbocycles. The number of benzene rings is 1. The summed E-state index contributed by atoms with van der Waals surface area (Å²) < 4.78 is 0. The van der Waals surface area contributed by atoms with Gasteiger partial charge in [0.2, 0.25) is 0 Å². The largest absolute Gasteiger partial charge is 0.300 e. The van der Waals surface area contributed by atoms with Crippen molar-refractivity contribution in [3.63, 3.8) is 0 Å². The number of tetrazole rings is 1. The number of H-pyrrole nitrogens is 1. The number of fused-ring (bicyclic) bond motifs is 1. The molecule has 0 saturated carbocycles. The highest BCUT2D eigenvalue weighted by atomic mass is 16.1. The fourth-order valence-corrected chi connectivity index (χ4v) is 4.13. The summed E-state index contributed by atoms with van der Waals surface area (Å²) in [5.74, 6) is 0.344. The molecular formula is C24H23N7O. The first-order chi connectivity index (χ1) is 15.6. The van der Waals surface area contributed by atoms with Crippen molar-refractivity contribution < 1.29 is 4.79 Å². The average Bonchev–Trinajstić information content (AvgIpc) is 3.35. The summed E-state index contributed by atoms with van der Waals surface area (Å²) >= 11 is 0. The quantitative estimate of drug-likeness (QED) is 0.452. The Kier molecular flexibility index (Phi) is 6.26. The van der Waals surface area contributed by atoms with Crippen molar-refractivity contribution in [3.05, 3.63) is 65.9 Å². The van der Waals surface area contributed by atoms with Crippen LogP contribution in [0.3, 0.4) is 0 Å². The zero-order valence-corrected chi connectivity index (χ0v) is 18.0. The number of nitriles is 1. The maximum absolute atomic E-state index is 12.3. The highest BCUT2D eigenvalue weighted by Gasteiger charge is 2.30. The molecule has 1 N–H and O–H groups in total. The van der Waals surface area contributed by atoms with Gasteiger partial charge in [-0.05, 0) is 48.9 Å². The maximum Gasteiger partial charge on any atom is 0.178 e. The molecule has 4 rings (SSSR count). The summed E-state index contributed by atoms with van der Waals surface area (Å²) in [7, 11) is 0. The second kappa shape index (κ2) is 9.43. The lowest BCUT2D eigenvalue weighted by Gasteiger charge is -2.22. The average molecular weight is 425 g/mol. The molecule has 4 aromatic rings. The predicted octanol–water partition coefficient (Wildman–Crippen LogP) is 4.01. The Morgan fingerprint density at radius 3 is 2.72 bits per heavy atom. The van der Waals surface area contributed by atoms with Gasteiger partial charge in [0.05, 0.1) is 5.69 Å². The van der Waals surface area contributed by atoms with E-state index < -0.39 is 0 Å². The van der Waals surface area contributed by atoms with Crippen LogP contribution >= 0.6 is 0 Å². The van der Waals surface area contributed by atoms with Crippen molar-refractivity contribution >= 4 is 16.6 Å². The Morgan fingerprint density at radius 1 is 1.19 bits per heavy atom. The van der Waals surface area contributed by atoms with Gasteiger partial charge in [0.1, 0.15) is 17.5 Å². The molecule has 0 saturated heterocycles. The smallest absolute Gasteiger partial charge is 0.178 e. The first kappa shape index (κ1) is 21.2. The number of Topliss-reactive ketones (excluding diaryl/α,β-unsaturated/α-hetero) is 1. The zero-order chi connectivity index (χ0) is 22.5. The first-order valence-electron chi connectivity index (χ1n) is 10.6. The van der Waals surface area contributed by atoms with Crippen LogP contribution in [0.4, 0.5) is 0 Å². The van der Waals surface area contributed by atoms with E-state index in [1.165, 1.54) is 0 Å². The molecule has 3 heterocycles. The number of ketones is 1. The lowest BCUT2D eigenvalue weighted by molar-refractivity contribution is -0.121. The summed E-state index contributed by atoms with van der Waals surface area (Å²) in [6, 6.07) is 13.9. The molecule has 1 aromatic carbocycles. The molecule has 0 amide bonds. The highest BCUT2D eigenvalue weighted by Crippen LogP contribution is 2.31. The van der Waals surface area contributed by atoms with Crippen molar-refractivity contribution in [1.82, 2.24) is 30.6 Å². The second-order valence-electron chi connectivity index (χ2n) is 7.85. The van der Waals surface area contributed by atoms with Gasteiger partial charge in [-0.1, -0.05) is 36.8 Å². The second-order valence-corrected chi connectivity index (χ2v) is 7.85. The molecule has 0 aliphatic rings. The molecule has 0 bridgehead atoms. The molecule has 2 atom stereocenters. The normalized spacial score (nSPS) is 12.9. The summed E-state index contributed by atoms with van der Waals surface area (Å²) in [5.41, 5.74) is 3.10. The number of carbonyl (C=O) groups excluding carboxylic acids is 1. The van der Waals surface area contributed by atoms with Crippen molar-refractivity contribution in [2.45, 2.75) is 39.0 Å². The van der Waals surface area contributed by atoms with Crippen LogP contribution in [0.5, 0.6) is 0 Å². The number of pyridine rings is 2. The van der Waals surface area contributed by atoms with Crippen LogP contribution in [-0.2, 0) is 11.2 Å². The Hall–Kier alpha value is -3.99. The minimum Gasteiger partial charge on any atom is -0.300 e. The number of nitrogens with one attached hydrogen (secondary N) is 1. The Bertz CT molecular complexity index is 1260. The standard InChI is InChI=1S/C24H23N7O/c1-3-4-19(15(2)32)21(24-28-30-31-29-24)11-16-5-8-22(27-14-16)18-7-6-17-9-10-26-23(13-25)20(17)12-18/h5-10,12,14,19,21H,3-4,11H2,1-2H3,(H,28,29,30,31)/t19-,21+/m1/s1. The number of rotatable bonds is 8. The predicted molar refractivity (Wildman–Crippen MR) is 119 cm³/mol. The summed E-state index contributed by atoms with van der Waals surface area (Å²) in [6.07, 6.45) is 5.73. The SMILES string of the molecule is CCC[C@H](C(C)=O)[C@H](Cc1ccc(-c2ccc3ccnc(C#N)c3c2)nc1)c1nn[nH]n1. The van der Waals surface area contributed by atoms with E-state index in [9.17, 15) is 10.1 Å². The van der Waals surface area contributed by atoms with Gasteiger partial charge in [-0.2, -0.15) is 10.5 Å². The lowest BCUT2D eigenvalue weighted by atomic mass is 9.81. The van der Waals surface area contributed by atoms with Crippen LogP contribution < -0.4 is 0 Å². The zero-order valence-electron chi connectivity index (χ0n) is 18.0. The third-order valence-electron chi connectivity index (χ3n) is 5.75. The van der Waals surface area contributed by atoms with Gasteiger partial charge in [0.15, 0.2) is 5.82 Å². The van der Waals surface area contributed by atoms with E-state index in [1.807, 2.05) is 42.6 Å².